The average Bonchev–Trinajstić information content (AvgIpc) is 3.24. The Bertz CT molecular complexity index is 446. The monoisotopic (exact) mass is 298 g/mol. The summed E-state index contributed by atoms with van der Waals surface area (Å²) in [5, 5.41) is 3.08. The number of rotatable bonds is 6. The molecule has 3 N–H and O–H groups in total. The molecule has 5 heteroatoms. The van der Waals surface area contributed by atoms with Crippen molar-refractivity contribution < 1.29 is 9.53 Å². The van der Waals surface area contributed by atoms with Gasteiger partial charge in [-0.15, -0.1) is 12.4 Å². The summed E-state index contributed by atoms with van der Waals surface area (Å²) >= 11 is 0. The number of nitrogens with one attached hydrogen (secondary N) is 1. The fourth-order valence-electron chi connectivity index (χ4n) is 2.29. The topological polar surface area (TPSA) is 64.3 Å². The van der Waals surface area contributed by atoms with Crippen molar-refractivity contribution in [2.45, 2.75) is 31.9 Å². The predicted octanol–water partition coefficient (Wildman–Crippen LogP) is 2.11. The summed E-state index contributed by atoms with van der Waals surface area (Å²) in [5.74, 6) is 0.470. The van der Waals surface area contributed by atoms with Crippen molar-refractivity contribution in [3.05, 3.63) is 35.4 Å². The Morgan fingerprint density at radius 2 is 2.00 bits per heavy atom. The third-order valence-corrected chi connectivity index (χ3v) is 3.83. The normalized spacial score (nSPS) is 16.9. The molecule has 20 heavy (non-hydrogen) atoms. The smallest absolute Gasteiger partial charge is 0.251 e. The van der Waals surface area contributed by atoms with Crippen LogP contribution in [0.15, 0.2) is 24.3 Å². The predicted molar refractivity (Wildman–Crippen MR) is 82.1 cm³/mol. The van der Waals surface area contributed by atoms with Crippen LogP contribution in [-0.2, 0) is 11.3 Å². The maximum absolute atomic E-state index is 12.2. The number of methoxy groups -OCH3 is 1. The Kier molecular flexibility index (Phi) is 5.99. The highest BCUT2D eigenvalue weighted by atomic mass is 35.5. The molecule has 112 valence electrons. The van der Waals surface area contributed by atoms with E-state index in [0.717, 1.165) is 18.4 Å². The van der Waals surface area contributed by atoms with E-state index in [9.17, 15) is 4.79 Å². The molecule has 0 spiro atoms. The second-order valence-corrected chi connectivity index (χ2v) is 5.48. The van der Waals surface area contributed by atoms with E-state index < -0.39 is 0 Å². The van der Waals surface area contributed by atoms with Crippen LogP contribution in [0.1, 0.15) is 35.7 Å². The molecule has 1 aliphatic carbocycles. The molecule has 2 rings (SSSR count). The number of carbonyl (C=O) groups excluding carboxylic acids is 1. The van der Waals surface area contributed by atoms with Crippen molar-refractivity contribution >= 4 is 18.3 Å². The lowest BCUT2D eigenvalue weighted by atomic mass is 9.95. The first-order valence-electron chi connectivity index (χ1n) is 6.69. The standard InChI is InChI=1S/C15H22N2O2.ClH/c1-15(10-16,13-7-8-13)17-14(18)12-5-3-11(4-6-12)9-19-2;/h3-6,13H,7-10,16H2,1-2H3,(H,17,18);1H. The van der Waals surface area contributed by atoms with Crippen molar-refractivity contribution in [3.63, 3.8) is 0 Å². The van der Waals surface area contributed by atoms with Gasteiger partial charge in [0.15, 0.2) is 0 Å². The minimum atomic E-state index is -0.276. The van der Waals surface area contributed by atoms with Crippen LogP contribution in [0.25, 0.3) is 0 Å². The van der Waals surface area contributed by atoms with Crippen LogP contribution in [-0.4, -0.2) is 25.1 Å². The molecule has 1 aliphatic rings. The van der Waals surface area contributed by atoms with Crippen molar-refractivity contribution in [3.8, 4) is 0 Å². The molecule has 1 unspecified atom stereocenters. The van der Waals surface area contributed by atoms with Gasteiger partial charge in [0.25, 0.3) is 5.91 Å². The molecule has 1 saturated carbocycles. The summed E-state index contributed by atoms with van der Waals surface area (Å²) in [6.07, 6.45) is 2.31. The maximum atomic E-state index is 12.2. The molecule has 4 nitrogen and oxygen atoms in total. The van der Waals surface area contributed by atoms with Crippen LogP contribution in [0.2, 0.25) is 0 Å². The van der Waals surface area contributed by atoms with Gasteiger partial charge in [-0.2, -0.15) is 0 Å². The van der Waals surface area contributed by atoms with Gasteiger partial charge >= 0.3 is 0 Å². The lowest BCUT2D eigenvalue weighted by Gasteiger charge is -2.29. The van der Waals surface area contributed by atoms with E-state index >= 15 is 0 Å². The van der Waals surface area contributed by atoms with E-state index in [0.29, 0.717) is 24.6 Å². The van der Waals surface area contributed by atoms with Gasteiger partial charge in [-0.3, -0.25) is 4.79 Å². The molecule has 0 heterocycles. The first-order valence-corrected chi connectivity index (χ1v) is 6.69. The molecular formula is C15H23ClN2O2. The molecule has 0 radical (unpaired) electrons. The summed E-state index contributed by atoms with van der Waals surface area (Å²) in [6.45, 7) is 3.07. The number of hydrogen-bond donors (Lipinski definition) is 2. The zero-order valence-corrected chi connectivity index (χ0v) is 12.8. The Morgan fingerprint density at radius 3 is 2.45 bits per heavy atom. The highest BCUT2D eigenvalue weighted by Gasteiger charge is 2.41. The zero-order chi connectivity index (χ0) is 13.9. The van der Waals surface area contributed by atoms with Crippen molar-refractivity contribution in [2.24, 2.45) is 11.7 Å². The SMILES string of the molecule is COCc1ccc(C(=O)NC(C)(CN)C2CC2)cc1.Cl. The van der Waals surface area contributed by atoms with Gasteiger partial charge in [-0.25, -0.2) is 0 Å². The quantitative estimate of drug-likeness (QED) is 0.845. The van der Waals surface area contributed by atoms with E-state index in [1.54, 1.807) is 7.11 Å². The highest BCUT2D eigenvalue weighted by molar-refractivity contribution is 5.94. The van der Waals surface area contributed by atoms with Crippen molar-refractivity contribution in [1.29, 1.82) is 0 Å². The molecule has 1 fully saturated rings. The number of halogens is 1. The molecule has 0 aromatic heterocycles. The Morgan fingerprint density at radius 1 is 1.40 bits per heavy atom. The second-order valence-electron chi connectivity index (χ2n) is 5.48. The van der Waals surface area contributed by atoms with Gasteiger partial charge < -0.3 is 15.8 Å². The minimum absolute atomic E-state index is 0. The van der Waals surface area contributed by atoms with Gasteiger partial charge in [0.05, 0.1) is 12.1 Å². The van der Waals surface area contributed by atoms with Gasteiger partial charge in [-0.05, 0) is 43.4 Å². The lowest BCUT2D eigenvalue weighted by molar-refractivity contribution is 0.0897. The number of benzene rings is 1. The van der Waals surface area contributed by atoms with Crippen LogP contribution in [0.5, 0.6) is 0 Å². The van der Waals surface area contributed by atoms with Crippen LogP contribution < -0.4 is 11.1 Å². The highest BCUT2D eigenvalue weighted by Crippen LogP contribution is 2.39. The van der Waals surface area contributed by atoms with Crippen LogP contribution in [0, 0.1) is 5.92 Å². The molecule has 0 bridgehead atoms. The fourth-order valence-corrected chi connectivity index (χ4v) is 2.29. The first kappa shape index (κ1) is 17.0. The molecule has 1 atom stereocenters. The van der Waals surface area contributed by atoms with Crippen molar-refractivity contribution in [2.75, 3.05) is 13.7 Å². The number of ether oxygens (including phenoxy) is 1. The minimum Gasteiger partial charge on any atom is -0.380 e. The van der Waals surface area contributed by atoms with Gasteiger partial charge in [0.1, 0.15) is 0 Å². The molecule has 1 aromatic carbocycles. The van der Waals surface area contributed by atoms with Crippen LogP contribution >= 0.6 is 12.4 Å². The van der Waals surface area contributed by atoms with E-state index in [-0.39, 0.29) is 23.9 Å². The number of carbonyl (C=O) groups is 1. The van der Waals surface area contributed by atoms with E-state index in [2.05, 4.69) is 5.32 Å². The number of hydrogen-bond acceptors (Lipinski definition) is 3. The third-order valence-electron chi connectivity index (χ3n) is 3.83. The third kappa shape index (κ3) is 3.95. The zero-order valence-electron chi connectivity index (χ0n) is 12.0. The Hall–Kier alpha value is -1.10. The van der Waals surface area contributed by atoms with Gasteiger partial charge in [0, 0.05) is 19.2 Å². The van der Waals surface area contributed by atoms with E-state index in [1.807, 2.05) is 31.2 Å². The second kappa shape index (κ2) is 7.07. The molecular weight excluding hydrogens is 276 g/mol. The van der Waals surface area contributed by atoms with Crippen LogP contribution in [0.4, 0.5) is 0 Å². The Labute approximate surface area is 126 Å². The first-order chi connectivity index (χ1) is 9.09. The molecule has 1 amide bonds. The summed E-state index contributed by atoms with van der Waals surface area (Å²) < 4.78 is 5.05. The van der Waals surface area contributed by atoms with Crippen LogP contribution in [0.3, 0.4) is 0 Å². The van der Waals surface area contributed by atoms with Crippen molar-refractivity contribution in [1.82, 2.24) is 5.32 Å². The molecule has 0 aliphatic heterocycles. The lowest BCUT2D eigenvalue weighted by Crippen LogP contribution is -2.53. The number of amides is 1. The summed E-state index contributed by atoms with van der Waals surface area (Å²) in [4.78, 5) is 12.2. The maximum Gasteiger partial charge on any atom is 0.251 e. The van der Waals surface area contributed by atoms with Gasteiger partial charge in [0.2, 0.25) is 0 Å². The summed E-state index contributed by atoms with van der Waals surface area (Å²) in [6, 6.07) is 7.48. The summed E-state index contributed by atoms with van der Waals surface area (Å²) in [7, 11) is 1.66. The largest absolute Gasteiger partial charge is 0.380 e. The van der Waals surface area contributed by atoms with E-state index in [4.69, 9.17) is 10.5 Å². The van der Waals surface area contributed by atoms with E-state index in [1.165, 1.54) is 0 Å². The Balaban J connectivity index is 0.00000200. The number of nitrogens with two attached hydrogens (primary N) is 1. The van der Waals surface area contributed by atoms with Gasteiger partial charge in [-0.1, -0.05) is 12.1 Å². The average molecular weight is 299 g/mol. The summed E-state index contributed by atoms with van der Waals surface area (Å²) in [5.41, 5.74) is 7.26. The molecule has 1 aromatic rings. The molecule has 0 saturated heterocycles. The fraction of sp³-hybridized carbons (Fsp3) is 0.533.